The van der Waals surface area contributed by atoms with Crippen LogP contribution in [-0.4, -0.2) is 77.2 Å². The summed E-state index contributed by atoms with van der Waals surface area (Å²) in [4.78, 5) is 68.4. The molecule has 3 heterocycles. The summed E-state index contributed by atoms with van der Waals surface area (Å²) in [6.07, 6.45) is 4.41. The molecule has 0 radical (unpaired) electrons. The molecular weight excluding hydrogens is 476 g/mol. The quantitative estimate of drug-likeness (QED) is 0.295. The summed E-state index contributed by atoms with van der Waals surface area (Å²) in [5.41, 5.74) is 5.63. The van der Waals surface area contributed by atoms with Crippen molar-refractivity contribution < 1.29 is 24.0 Å². The monoisotopic (exact) mass is 520 g/mol. The van der Waals surface area contributed by atoms with Gasteiger partial charge in [-0.05, 0) is 69.7 Å². The molecule has 0 aliphatic carbocycles. The lowest BCUT2D eigenvalue weighted by molar-refractivity contribution is -0.147. The van der Waals surface area contributed by atoms with Crippen molar-refractivity contribution in [1.29, 1.82) is 0 Å². The molecule has 3 aliphatic heterocycles. The average molecular weight is 521 g/mol. The summed E-state index contributed by atoms with van der Waals surface area (Å²) in [6, 6.07) is -4.12. The second kappa shape index (κ2) is 12.7. The van der Waals surface area contributed by atoms with Crippen molar-refractivity contribution in [3.05, 3.63) is 0 Å². The zero-order valence-electron chi connectivity index (χ0n) is 22.5. The van der Waals surface area contributed by atoms with Crippen molar-refractivity contribution >= 4 is 29.5 Å². The zero-order valence-corrected chi connectivity index (χ0v) is 22.5. The molecule has 3 fully saturated rings. The van der Waals surface area contributed by atoms with E-state index in [-0.39, 0.29) is 29.7 Å². The minimum atomic E-state index is -0.884. The van der Waals surface area contributed by atoms with E-state index in [0.29, 0.717) is 57.9 Å². The third-order valence-corrected chi connectivity index (χ3v) is 7.63. The Bertz CT molecular complexity index is 878. The maximum absolute atomic E-state index is 13.4. The van der Waals surface area contributed by atoms with Crippen LogP contribution in [0.15, 0.2) is 0 Å². The molecule has 3 aliphatic rings. The fourth-order valence-electron chi connectivity index (χ4n) is 5.61. The standard InChI is InChI=1S/C26H44N6O5/c1-14(2)13-19-23(34)29-18-10-8-16-9-11-20(32(16)26(18)37)24(35)31-21(15(3)4)25(36)28-17(22(33)30-19)7-5-6-12-27/h14-21H,5-13,27H2,1-4H3,(H,28,36)(H,29,34)(H,30,33)(H,31,35)/t16-,17+,18-,19-,20-,21-/m0/s1. The first-order valence-electron chi connectivity index (χ1n) is 13.8. The van der Waals surface area contributed by atoms with E-state index in [1.165, 1.54) is 0 Å². The molecule has 3 rings (SSSR count). The van der Waals surface area contributed by atoms with Crippen LogP contribution < -0.4 is 27.0 Å². The van der Waals surface area contributed by atoms with Gasteiger partial charge in [-0.3, -0.25) is 24.0 Å². The Kier molecular flexibility index (Phi) is 9.92. The molecule has 0 unspecified atom stereocenters. The average Bonchev–Trinajstić information content (AvgIpc) is 3.27. The summed E-state index contributed by atoms with van der Waals surface area (Å²) in [5.74, 6) is -2.17. The summed E-state index contributed by atoms with van der Waals surface area (Å²) < 4.78 is 0. The molecule has 3 saturated heterocycles. The van der Waals surface area contributed by atoms with Crippen LogP contribution in [0.5, 0.6) is 0 Å². The highest BCUT2D eigenvalue weighted by molar-refractivity contribution is 5.98. The molecule has 11 heteroatoms. The van der Waals surface area contributed by atoms with Gasteiger partial charge in [-0.2, -0.15) is 0 Å². The third kappa shape index (κ3) is 7.00. The Balaban J connectivity index is 1.96. The van der Waals surface area contributed by atoms with E-state index in [0.717, 1.165) is 0 Å². The highest BCUT2D eigenvalue weighted by Gasteiger charge is 2.47. The van der Waals surface area contributed by atoms with Crippen LogP contribution >= 0.6 is 0 Å². The number of rotatable bonds is 7. The van der Waals surface area contributed by atoms with Crippen LogP contribution in [0.25, 0.3) is 0 Å². The molecule has 6 atom stereocenters. The molecule has 2 bridgehead atoms. The predicted octanol–water partition coefficient (Wildman–Crippen LogP) is -0.0763. The SMILES string of the molecule is CC(C)C[C@@H]1NC(=O)[C@@H](CCCCN)NC(=O)[C@H](C(C)C)NC(=O)[C@@H]2CC[C@@H]3CC[C@H](NC1=O)C(=O)N32. The second-order valence-electron chi connectivity index (χ2n) is 11.4. The fraction of sp³-hybridized carbons (Fsp3) is 0.808. The van der Waals surface area contributed by atoms with Gasteiger partial charge in [0.15, 0.2) is 0 Å². The van der Waals surface area contributed by atoms with Crippen LogP contribution in [0.1, 0.15) is 79.1 Å². The molecule has 0 aromatic heterocycles. The van der Waals surface area contributed by atoms with Gasteiger partial charge in [-0.1, -0.05) is 27.7 Å². The van der Waals surface area contributed by atoms with Gasteiger partial charge in [0.1, 0.15) is 30.2 Å². The summed E-state index contributed by atoms with van der Waals surface area (Å²) in [5, 5.41) is 11.3. The van der Waals surface area contributed by atoms with Crippen LogP contribution in [0, 0.1) is 11.8 Å². The molecular formula is C26H44N6O5. The first-order valence-corrected chi connectivity index (χ1v) is 13.8. The first-order chi connectivity index (χ1) is 17.5. The third-order valence-electron chi connectivity index (χ3n) is 7.63. The highest BCUT2D eigenvalue weighted by atomic mass is 16.2. The van der Waals surface area contributed by atoms with Crippen LogP contribution in [0.2, 0.25) is 0 Å². The van der Waals surface area contributed by atoms with E-state index >= 15 is 0 Å². The number of hydrogen-bond donors (Lipinski definition) is 5. The van der Waals surface area contributed by atoms with Gasteiger partial charge in [0.2, 0.25) is 29.5 Å². The number of carbonyl (C=O) groups excluding carboxylic acids is 5. The number of hydrogen-bond acceptors (Lipinski definition) is 6. The lowest BCUT2D eigenvalue weighted by Gasteiger charge is -2.38. The topological polar surface area (TPSA) is 163 Å². The lowest BCUT2D eigenvalue weighted by atomic mass is 9.96. The molecule has 0 aromatic carbocycles. The summed E-state index contributed by atoms with van der Waals surface area (Å²) in [6.45, 7) is 8.00. The highest BCUT2D eigenvalue weighted by Crippen LogP contribution is 2.33. The number of nitrogens with one attached hydrogen (secondary N) is 4. The molecule has 37 heavy (non-hydrogen) atoms. The number of nitrogens with two attached hydrogens (primary N) is 1. The van der Waals surface area contributed by atoms with E-state index in [9.17, 15) is 24.0 Å². The van der Waals surface area contributed by atoms with Gasteiger partial charge in [0.05, 0.1) is 0 Å². The zero-order chi connectivity index (χ0) is 27.3. The Hall–Kier alpha value is -2.69. The molecule has 0 saturated carbocycles. The van der Waals surface area contributed by atoms with Crippen LogP contribution in [-0.2, 0) is 24.0 Å². The molecule has 0 aromatic rings. The number of unbranched alkanes of at least 4 members (excludes halogenated alkanes) is 1. The number of nitrogens with zero attached hydrogens (tertiary/aromatic N) is 1. The van der Waals surface area contributed by atoms with Crippen molar-refractivity contribution in [3.63, 3.8) is 0 Å². The van der Waals surface area contributed by atoms with E-state index in [1.807, 2.05) is 27.7 Å². The normalized spacial score (nSPS) is 31.4. The molecule has 5 amide bonds. The van der Waals surface area contributed by atoms with E-state index in [4.69, 9.17) is 5.73 Å². The maximum atomic E-state index is 13.4. The predicted molar refractivity (Wildman–Crippen MR) is 138 cm³/mol. The minimum absolute atomic E-state index is 0.0588. The van der Waals surface area contributed by atoms with Crippen molar-refractivity contribution in [2.24, 2.45) is 17.6 Å². The van der Waals surface area contributed by atoms with Crippen LogP contribution in [0.3, 0.4) is 0 Å². The fourth-order valence-corrected chi connectivity index (χ4v) is 5.61. The van der Waals surface area contributed by atoms with Gasteiger partial charge in [0, 0.05) is 6.04 Å². The second-order valence-corrected chi connectivity index (χ2v) is 11.4. The smallest absolute Gasteiger partial charge is 0.246 e. The first kappa shape index (κ1) is 28.9. The van der Waals surface area contributed by atoms with E-state index < -0.39 is 47.9 Å². The van der Waals surface area contributed by atoms with Gasteiger partial charge in [-0.15, -0.1) is 0 Å². The Morgan fingerprint density at radius 3 is 2.08 bits per heavy atom. The largest absolute Gasteiger partial charge is 0.343 e. The van der Waals surface area contributed by atoms with Gasteiger partial charge < -0.3 is 31.9 Å². The van der Waals surface area contributed by atoms with Crippen molar-refractivity contribution in [2.45, 2.75) is 115 Å². The number of carbonyl (C=O) groups is 5. The molecule has 0 spiro atoms. The number of amides is 5. The van der Waals surface area contributed by atoms with E-state index in [2.05, 4.69) is 21.3 Å². The number of piperidine rings is 1. The minimum Gasteiger partial charge on any atom is -0.343 e. The van der Waals surface area contributed by atoms with Gasteiger partial charge in [0.25, 0.3) is 0 Å². The lowest BCUT2D eigenvalue weighted by Crippen LogP contribution is -2.61. The Morgan fingerprint density at radius 2 is 1.43 bits per heavy atom. The number of fused-ring (bicyclic) bond motifs is 1. The molecule has 6 N–H and O–H groups in total. The van der Waals surface area contributed by atoms with Crippen molar-refractivity contribution in [1.82, 2.24) is 26.2 Å². The summed E-state index contributed by atoms with van der Waals surface area (Å²) in [7, 11) is 0. The Morgan fingerprint density at radius 1 is 0.784 bits per heavy atom. The summed E-state index contributed by atoms with van der Waals surface area (Å²) >= 11 is 0. The van der Waals surface area contributed by atoms with Crippen molar-refractivity contribution in [2.75, 3.05) is 6.54 Å². The van der Waals surface area contributed by atoms with Crippen molar-refractivity contribution in [3.8, 4) is 0 Å². The Labute approximate surface area is 219 Å². The van der Waals surface area contributed by atoms with Gasteiger partial charge in [-0.25, -0.2) is 0 Å². The molecule has 11 nitrogen and oxygen atoms in total. The maximum Gasteiger partial charge on any atom is 0.246 e. The van der Waals surface area contributed by atoms with E-state index in [1.54, 1.807) is 4.90 Å². The molecule has 208 valence electrons. The van der Waals surface area contributed by atoms with Crippen LogP contribution in [0.4, 0.5) is 0 Å². The van der Waals surface area contributed by atoms with Gasteiger partial charge >= 0.3 is 0 Å².